The normalized spacial score (nSPS) is 10.8. The number of amides is 1. The molecule has 0 fully saturated rings. The zero-order chi connectivity index (χ0) is 9.07. The topological polar surface area (TPSA) is 66.4 Å². The van der Waals surface area contributed by atoms with E-state index in [4.69, 9.17) is 5.11 Å². The van der Waals surface area contributed by atoms with Crippen molar-refractivity contribution in [3.63, 3.8) is 0 Å². The van der Waals surface area contributed by atoms with E-state index in [9.17, 15) is 22.8 Å². The van der Waals surface area contributed by atoms with Gasteiger partial charge in [-0.2, -0.15) is 13.2 Å². The maximum atomic E-state index is 11.3. The van der Waals surface area contributed by atoms with Gasteiger partial charge < -0.3 is 10.4 Å². The number of halogens is 3. The maximum Gasteiger partial charge on any atom is 0.471 e. The van der Waals surface area contributed by atoms with Gasteiger partial charge in [0.25, 0.3) is 0 Å². The first-order chi connectivity index (χ1) is 4.84. The molecule has 0 radical (unpaired) electrons. The van der Waals surface area contributed by atoms with Crippen molar-refractivity contribution in [3.05, 3.63) is 0 Å². The predicted octanol–water partition coefficient (Wildman–Crippen LogP) is -0.251. The van der Waals surface area contributed by atoms with Gasteiger partial charge in [0.05, 0.1) is 0 Å². The van der Waals surface area contributed by atoms with Crippen LogP contribution in [0.15, 0.2) is 0 Å². The van der Waals surface area contributed by atoms with Crippen molar-refractivity contribution < 1.29 is 27.9 Å². The lowest BCUT2D eigenvalue weighted by atomic mass is 10.5. The lowest BCUT2D eigenvalue weighted by Crippen LogP contribution is -2.39. The Morgan fingerprint density at radius 2 is 1.82 bits per heavy atom. The third-order valence-electron chi connectivity index (χ3n) is 0.658. The second kappa shape index (κ2) is 3.22. The van der Waals surface area contributed by atoms with Gasteiger partial charge in [0, 0.05) is 0 Å². The Bertz CT molecular complexity index is 176. The largest absolute Gasteiger partial charge is 0.480 e. The van der Waals surface area contributed by atoms with Crippen LogP contribution in [0, 0.1) is 0 Å². The molecule has 0 aliphatic rings. The van der Waals surface area contributed by atoms with Gasteiger partial charge in [-0.25, -0.2) is 0 Å². The summed E-state index contributed by atoms with van der Waals surface area (Å²) in [7, 11) is 0. The minimum atomic E-state index is -5.02. The molecule has 1 amide bonds. The Labute approximate surface area is 59.0 Å². The van der Waals surface area contributed by atoms with Gasteiger partial charge in [0.2, 0.25) is 0 Å². The Morgan fingerprint density at radius 1 is 1.36 bits per heavy atom. The molecule has 0 heterocycles. The highest BCUT2D eigenvalue weighted by Crippen LogP contribution is 2.13. The van der Waals surface area contributed by atoms with Crippen molar-refractivity contribution >= 4 is 11.9 Å². The molecular formula is C4H4F3NO3. The molecule has 0 aromatic heterocycles. The SMILES string of the molecule is O=C(O)CNC(=O)C(F)(F)F. The van der Waals surface area contributed by atoms with Gasteiger partial charge in [-0.3, -0.25) is 9.59 Å². The van der Waals surface area contributed by atoms with Crippen molar-refractivity contribution in [2.75, 3.05) is 6.54 Å². The molecule has 0 bridgehead atoms. The Kier molecular flexibility index (Phi) is 2.85. The fourth-order valence-corrected chi connectivity index (χ4v) is 0.256. The summed E-state index contributed by atoms with van der Waals surface area (Å²) in [5, 5.41) is 9.00. The van der Waals surface area contributed by atoms with E-state index in [0.29, 0.717) is 0 Å². The van der Waals surface area contributed by atoms with E-state index in [1.807, 2.05) is 0 Å². The molecule has 4 nitrogen and oxygen atoms in total. The molecular weight excluding hydrogens is 167 g/mol. The number of aliphatic carboxylic acids is 1. The summed E-state index contributed by atoms with van der Waals surface area (Å²) in [4.78, 5) is 19.5. The molecule has 0 aliphatic carbocycles. The summed E-state index contributed by atoms with van der Waals surface area (Å²) >= 11 is 0. The molecule has 0 atom stereocenters. The molecule has 7 heteroatoms. The first kappa shape index (κ1) is 9.73. The minimum Gasteiger partial charge on any atom is -0.480 e. The maximum absolute atomic E-state index is 11.3. The first-order valence-corrected chi connectivity index (χ1v) is 2.41. The van der Waals surface area contributed by atoms with Crippen LogP contribution in [-0.2, 0) is 9.59 Å². The number of carbonyl (C=O) groups is 2. The van der Waals surface area contributed by atoms with Crippen LogP contribution in [0.4, 0.5) is 13.2 Å². The molecule has 0 aromatic rings. The fraction of sp³-hybridized carbons (Fsp3) is 0.500. The smallest absolute Gasteiger partial charge is 0.471 e. The number of hydrogen-bond acceptors (Lipinski definition) is 2. The average molecular weight is 171 g/mol. The summed E-state index contributed by atoms with van der Waals surface area (Å²) < 4.78 is 33.9. The van der Waals surface area contributed by atoms with E-state index < -0.39 is 24.6 Å². The number of alkyl halides is 3. The summed E-state index contributed by atoms with van der Waals surface area (Å²) in [6, 6.07) is 0. The summed E-state index contributed by atoms with van der Waals surface area (Å²) in [6.45, 7) is -1.03. The Hall–Kier alpha value is -1.27. The van der Waals surface area contributed by atoms with E-state index in [2.05, 4.69) is 0 Å². The average Bonchev–Trinajstić information content (AvgIpc) is 1.80. The number of hydrogen-bond donors (Lipinski definition) is 2. The highest BCUT2D eigenvalue weighted by Gasteiger charge is 2.38. The molecule has 2 N–H and O–H groups in total. The molecule has 0 saturated heterocycles. The second-order valence-electron chi connectivity index (χ2n) is 1.57. The zero-order valence-corrected chi connectivity index (χ0v) is 5.10. The molecule has 0 rings (SSSR count). The number of carboxylic acids is 1. The van der Waals surface area contributed by atoms with E-state index in [0.717, 1.165) is 5.32 Å². The molecule has 11 heavy (non-hydrogen) atoms. The van der Waals surface area contributed by atoms with Gasteiger partial charge in [-0.1, -0.05) is 0 Å². The van der Waals surface area contributed by atoms with Crippen molar-refractivity contribution in [3.8, 4) is 0 Å². The molecule has 0 spiro atoms. The van der Waals surface area contributed by atoms with Gasteiger partial charge in [-0.15, -0.1) is 0 Å². The molecule has 0 aliphatic heterocycles. The Balaban J connectivity index is 3.80. The second-order valence-corrected chi connectivity index (χ2v) is 1.57. The van der Waals surface area contributed by atoms with Gasteiger partial charge >= 0.3 is 18.1 Å². The third kappa shape index (κ3) is 4.18. The summed E-state index contributed by atoms with van der Waals surface area (Å²) in [5.41, 5.74) is 0. The highest BCUT2D eigenvalue weighted by molar-refractivity contribution is 5.85. The quantitative estimate of drug-likeness (QED) is 0.602. The molecule has 64 valence electrons. The standard InChI is InChI=1S/C4H4F3NO3/c5-4(6,7)3(11)8-1-2(9)10/h1H2,(H,8,11)(H,9,10). The lowest BCUT2D eigenvalue weighted by molar-refractivity contribution is -0.174. The predicted molar refractivity (Wildman–Crippen MR) is 26.7 cm³/mol. The number of carbonyl (C=O) groups excluding carboxylic acids is 1. The highest BCUT2D eigenvalue weighted by atomic mass is 19.4. The zero-order valence-electron chi connectivity index (χ0n) is 5.10. The van der Waals surface area contributed by atoms with E-state index >= 15 is 0 Å². The van der Waals surface area contributed by atoms with Crippen LogP contribution in [0.1, 0.15) is 0 Å². The first-order valence-electron chi connectivity index (χ1n) is 2.41. The van der Waals surface area contributed by atoms with Crippen molar-refractivity contribution in [2.24, 2.45) is 0 Å². The van der Waals surface area contributed by atoms with E-state index in [-0.39, 0.29) is 0 Å². The van der Waals surface area contributed by atoms with Gasteiger partial charge in [-0.05, 0) is 0 Å². The molecule has 0 saturated carbocycles. The van der Waals surface area contributed by atoms with Crippen LogP contribution in [0.2, 0.25) is 0 Å². The lowest BCUT2D eigenvalue weighted by Gasteiger charge is -2.04. The monoisotopic (exact) mass is 171 g/mol. The van der Waals surface area contributed by atoms with Crippen LogP contribution in [0.5, 0.6) is 0 Å². The minimum absolute atomic E-state index is 1.03. The number of nitrogens with one attached hydrogen (secondary N) is 1. The van der Waals surface area contributed by atoms with Crippen LogP contribution < -0.4 is 5.32 Å². The van der Waals surface area contributed by atoms with Crippen molar-refractivity contribution in [1.29, 1.82) is 0 Å². The summed E-state index contributed by atoms with van der Waals surface area (Å²) in [6.07, 6.45) is -5.02. The van der Waals surface area contributed by atoms with Crippen molar-refractivity contribution in [1.82, 2.24) is 5.32 Å². The summed E-state index contributed by atoms with van der Waals surface area (Å²) in [5.74, 6) is -3.78. The fourth-order valence-electron chi connectivity index (χ4n) is 0.256. The van der Waals surface area contributed by atoms with Crippen LogP contribution >= 0.6 is 0 Å². The number of rotatable bonds is 2. The third-order valence-corrected chi connectivity index (χ3v) is 0.658. The van der Waals surface area contributed by atoms with E-state index in [1.165, 1.54) is 0 Å². The van der Waals surface area contributed by atoms with Gasteiger partial charge in [0.1, 0.15) is 6.54 Å². The Morgan fingerprint density at radius 3 is 2.09 bits per heavy atom. The van der Waals surface area contributed by atoms with Gasteiger partial charge in [0.15, 0.2) is 0 Å². The molecule has 0 aromatic carbocycles. The van der Waals surface area contributed by atoms with Crippen LogP contribution in [-0.4, -0.2) is 29.7 Å². The number of carboxylic acid groups (broad SMARTS) is 1. The molecule has 0 unspecified atom stereocenters. The van der Waals surface area contributed by atoms with Crippen LogP contribution in [0.25, 0.3) is 0 Å². The van der Waals surface area contributed by atoms with Crippen molar-refractivity contribution in [2.45, 2.75) is 6.18 Å². The van der Waals surface area contributed by atoms with E-state index in [1.54, 1.807) is 0 Å². The van der Waals surface area contributed by atoms with Crippen LogP contribution in [0.3, 0.4) is 0 Å².